The van der Waals surface area contributed by atoms with Crippen molar-refractivity contribution in [2.45, 2.75) is 19.8 Å². The molecule has 0 aliphatic rings. The van der Waals surface area contributed by atoms with E-state index in [4.69, 9.17) is 10.3 Å². The highest BCUT2D eigenvalue weighted by Crippen LogP contribution is 2.15. The van der Waals surface area contributed by atoms with E-state index in [0.29, 0.717) is 6.54 Å². The largest absolute Gasteiger partial charge is 0.380 e. The van der Waals surface area contributed by atoms with E-state index in [1.807, 2.05) is 0 Å². The van der Waals surface area contributed by atoms with Gasteiger partial charge in [-0.15, -0.1) is 0 Å². The lowest BCUT2D eigenvalue weighted by molar-refractivity contribution is 0.383. The molecule has 0 bridgehead atoms. The van der Waals surface area contributed by atoms with Gasteiger partial charge in [0.15, 0.2) is 5.76 Å². The summed E-state index contributed by atoms with van der Waals surface area (Å²) in [4.78, 5) is 0. The molecule has 3 N–H and O–H groups in total. The Balaban J connectivity index is 2.51. The standard InChI is InChI=1S/C8H15N3O/c1-2-3-8-7(6-11-12-8)10-5-4-9/h6,10H,2-5,9H2,1H3. The summed E-state index contributed by atoms with van der Waals surface area (Å²) in [5.41, 5.74) is 6.33. The van der Waals surface area contributed by atoms with Gasteiger partial charge in [0.25, 0.3) is 0 Å². The van der Waals surface area contributed by atoms with Crippen LogP contribution in [0.25, 0.3) is 0 Å². The van der Waals surface area contributed by atoms with Crippen LogP contribution in [-0.2, 0) is 6.42 Å². The van der Waals surface area contributed by atoms with Crippen LogP contribution in [0.15, 0.2) is 10.7 Å². The maximum absolute atomic E-state index is 5.36. The van der Waals surface area contributed by atoms with Crippen LogP contribution in [0, 0.1) is 0 Å². The third-order valence-electron chi connectivity index (χ3n) is 1.58. The van der Waals surface area contributed by atoms with Crippen LogP contribution in [0.1, 0.15) is 19.1 Å². The molecule has 0 fully saturated rings. The Bertz CT molecular complexity index is 222. The van der Waals surface area contributed by atoms with Gasteiger partial charge >= 0.3 is 0 Å². The van der Waals surface area contributed by atoms with E-state index in [0.717, 1.165) is 30.8 Å². The number of rotatable bonds is 5. The Morgan fingerprint density at radius 1 is 1.67 bits per heavy atom. The van der Waals surface area contributed by atoms with Gasteiger partial charge < -0.3 is 15.6 Å². The zero-order valence-electron chi connectivity index (χ0n) is 7.34. The summed E-state index contributed by atoms with van der Waals surface area (Å²) in [5.74, 6) is 0.922. The fourth-order valence-corrected chi connectivity index (χ4v) is 1.02. The molecular weight excluding hydrogens is 154 g/mol. The molecule has 1 rings (SSSR count). The van der Waals surface area contributed by atoms with Crippen molar-refractivity contribution in [3.8, 4) is 0 Å². The third kappa shape index (κ3) is 2.23. The smallest absolute Gasteiger partial charge is 0.159 e. The molecule has 4 nitrogen and oxygen atoms in total. The van der Waals surface area contributed by atoms with E-state index in [9.17, 15) is 0 Å². The highest BCUT2D eigenvalue weighted by Gasteiger charge is 2.04. The first-order valence-electron chi connectivity index (χ1n) is 4.26. The molecule has 0 amide bonds. The Kier molecular flexibility index (Phi) is 3.60. The van der Waals surface area contributed by atoms with E-state index in [2.05, 4.69) is 17.4 Å². The van der Waals surface area contributed by atoms with Crippen LogP contribution < -0.4 is 11.1 Å². The molecule has 1 aromatic heterocycles. The number of nitrogens with one attached hydrogen (secondary N) is 1. The molecular formula is C8H15N3O. The van der Waals surface area contributed by atoms with Gasteiger partial charge in [-0.05, 0) is 6.42 Å². The molecule has 68 valence electrons. The van der Waals surface area contributed by atoms with Gasteiger partial charge in [-0.25, -0.2) is 0 Å². The van der Waals surface area contributed by atoms with Crippen molar-refractivity contribution in [2.24, 2.45) is 5.73 Å². The van der Waals surface area contributed by atoms with Crippen LogP contribution in [0.4, 0.5) is 5.69 Å². The summed E-state index contributed by atoms with van der Waals surface area (Å²) < 4.78 is 5.05. The molecule has 0 unspecified atom stereocenters. The highest BCUT2D eigenvalue weighted by molar-refractivity contribution is 5.44. The molecule has 4 heteroatoms. The van der Waals surface area contributed by atoms with Gasteiger partial charge in [-0.3, -0.25) is 0 Å². The first-order valence-corrected chi connectivity index (χ1v) is 4.26. The second-order valence-electron chi connectivity index (χ2n) is 2.63. The maximum Gasteiger partial charge on any atom is 0.159 e. The normalized spacial score (nSPS) is 10.2. The number of anilines is 1. The molecule has 0 aromatic carbocycles. The van der Waals surface area contributed by atoms with E-state index < -0.39 is 0 Å². The van der Waals surface area contributed by atoms with Crippen LogP contribution in [0.5, 0.6) is 0 Å². The van der Waals surface area contributed by atoms with Crippen molar-refractivity contribution < 1.29 is 4.52 Å². The molecule has 12 heavy (non-hydrogen) atoms. The average molecular weight is 169 g/mol. The minimum Gasteiger partial charge on any atom is -0.380 e. The highest BCUT2D eigenvalue weighted by atomic mass is 16.5. The lowest BCUT2D eigenvalue weighted by atomic mass is 10.2. The van der Waals surface area contributed by atoms with Gasteiger partial charge in [0.05, 0.1) is 11.9 Å². The number of nitrogens with zero attached hydrogens (tertiary/aromatic N) is 1. The topological polar surface area (TPSA) is 64.1 Å². The lowest BCUT2D eigenvalue weighted by Gasteiger charge is -2.01. The van der Waals surface area contributed by atoms with Crippen molar-refractivity contribution >= 4 is 5.69 Å². The quantitative estimate of drug-likeness (QED) is 0.690. The minimum absolute atomic E-state index is 0.622. The maximum atomic E-state index is 5.36. The molecule has 0 aliphatic heterocycles. The molecule has 0 aliphatic carbocycles. The SMILES string of the molecule is CCCc1oncc1NCCN. The second-order valence-corrected chi connectivity index (χ2v) is 2.63. The van der Waals surface area contributed by atoms with Crippen molar-refractivity contribution in [3.63, 3.8) is 0 Å². The summed E-state index contributed by atoms with van der Waals surface area (Å²) in [5, 5.41) is 6.86. The zero-order valence-corrected chi connectivity index (χ0v) is 7.34. The Morgan fingerprint density at radius 2 is 2.50 bits per heavy atom. The summed E-state index contributed by atoms with van der Waals surface area (Å²) in [7, 11) is 0. The van der Waals surface area contributed by atoms with Crippen LogP contribution >= 0.6 is 0 Å². The number of hydrogen-bond acceptors (Lipinski definition) is 4. The lowest BCUT2D eigenvalue weighted by Crippen LogP contribution is -2.13. The predicted molar refractivity (Wildman–Crippen MR) is 48.0 cm³/mol. The fourth-order valence-electron chi connectivity index (χ4n) is 1.02. The second kappa shape index (κ2) is 4.77. The Labute approximate surface area is 72.1 Å². The molecule has 0 radical (unpaired) electrons. The number of aromatic nitrogens is 1. The van der Waals surface area contributed by atoms with Crippen LogP contribution in [-0.4, -0.2) is 18.2 Å². The van der Waals surface area contributed by atoms with E-state index in [1.54, 1.807) is 6.20 Å². The number of hydrogen-bond donors (Lipinski definition) is 2. The van der Waals surface area contributed by atoms with E-state index in [-0.39, 0.29) is 0 Å². The van der Waals surface area contributed by atoms with Crippen molar-refractivity contribution in [1.82, 2.24) is 5.16 Å². The zero-order chi connectivity index (χ0) is 8.81. The first-order chi connectivity index (χ1) is 5.88. The fraction of sp³-hybridized carbons (Fsp3) is 0.625. The molecule has 0 atom stereocenters. The van der Waals surface area contributed by atoms with E-state index in [1.165, 1.54) is 0 Å². The van der Waals surface area contributed by atoms with Gasteiger partial charge in [-0.2, -0.15) is 0 Å². The third-order valence-corrected chi connectivity index (χ3v) is 1.58. The number of nitrogens with two attached hydrogens (primary N) is 1. The molecule has 0 saturated carbocycles. The van der Waals surface area contributed by atoms with Crippen LogP contribution in [0.3, 0.4) is 0 Å². The summed E-state index contributed by atoms with van der Waals surface area (Å²) in [6.45, 7) is 3.49. The minimum atomic E-state index is 0.622. The molecule has 1 aromatic rings. The van der Waals surface area contributed by atoms with Gasteiger partial charge in [0.1, 0.15) is 0 Å². The monoisotopic (exact) mass is 169 g/mol. The van der Waals surface area contributed by atoms with Crippen molar-refractivity contribution in [1.29, 1.82) is 0 Å². The van der Waals surface area contributed by atoms with Crippen molar-refractivity contribution in [2.75, 3.05) is 18.4 Å². The van der Waals surface area contributed by atoms with Crippen LogP contribution in [0.2, 0.25) is 0 Å². The van der Waals surface area contributed by atoms with Crippen molar-refractivity contribution in [3.05, 3.63) is 12.0 Å². The Hall–Kier alpha value is -1.03. The van der Waals surface area contributed by atoms with Gasteiger partial charge in [-0.1, -0.05) is 12.1 Å². The summed E-state index contributed by atoms with van der Waals surface area (Å²) >= 11 is 0. The average Bonchev–Trinajstić information content (AvgIpc) is 2.50. The Morgan fingerprint density at radius 3 is 3.17 bits per heavy atom. The van der Waals surface area contributed by atoms with E-state index >= 15 is 0 Å². The van der Waals surface area contributed by atoms with Gasteiger partial charge in [0.2, 0.25) is 0 Å². The number of aryl methyl sites for hydroxylation is 1. The predicted octanol–water partition coefficient (Wildman–Crippen LogP) is 0.998. The first kappa shape index (κ1) is 9.06. The summed E-state index contributed by atoms with van der Waals surface area (Å²) in [6, 6.07) is 0. The summed E-state index contributed by atoms with van der Waals surface area (Å²) in [6.07, 6.45) is 3.68. The molecule has 0 spiro atoms. The van der Waals surface area contributed by atoms with Gasteiger partial charge in [0, 0.05) is 19.5 Å². The molecule has 0 saturated heterocycles. The molecule has 1 heterocycles.